The van der Waals surface area contributed by atoms with E-state index in [1.54, 1.807) is 136 Å². The van der Waals surface area contributed by atoms with Gasteiger partial charge in [-0.1, -0.05) is 161 Å². The monoisotopic (exact) mass is 1610 g/mol. The van der Waals surface area contributed by atoms with Crippen molar-refractivity contribution in [2.75, 3.05) is 27.2 Å². The fourth-order valence-electron chi connectivity index (χ4n) is 14.6. The Morgan fingerprint density at radius 3 is 1.32 bits per heavy atom. The average Bonchev–Trinajstić information content (AvgIpc) is 1.64. The highest BCUT2D eigenvalue weighted by atomic mass is 32.2. The zero-order chi connectivity index (χ0) is 83.1. The number of carbonyl (C=O) groups excluding carboxylic acids is 9. The van der Waals surface area contributed by atoms with E-state index in [9.17, 15) is 37.5 Å². The molecule has 8 heterocycles. The number of aromatic nitrogens is 6. The molecule has 3 fully saturated rings. The summed E-state index contributed by atoms with van der Waals surface area (Å²) in [5.41, 5.74) is 0.972. The van der Waals surface area contributed by atoms with Crippen molar-refractivity contribution in [3.05, 3.63) is 179 Å². The highest BCUT2D eigenvalue weighted by Gasteiger charge is 2.49. The number of carbonyl (C=O) groups is 10. The van der Waals surface area contributed by atoms with Gasteiger partial charge in [0.25, 0.3) is 5.91 Å². The number of nitrogens with one attached hydrogen (secondary N) is 9. The molecule has 9 amide bonds. The molecule has 8 aromatic rings. The Kier molecular flexibility index (Phi) is 25.7. The van der Waals surface area contributed by atoms with Gasteiger partial charge in [-0.15, -0.1) is 10.2 Å². The van der Waals surface area contributed by atoms with E-state index in [2.05, 4.69) is 67.9 Å². The van der Waals surface area contributed by atoms with Gasteiger partial charge in [-0.25, -0.2) is 22.6 Å². The van der Waals surface area contributed by atoms with Crippen LogP contribution in [0, 0.1) is 10.8 Å². The van der Waals surface area contributed by atoms with Crippen LogP contribution >= 0.6 is 0 Å². The molecule has 116 heavy (non-hydrogen) atoms. The lowest BCUT2D eigenvalue weighted by atomic mass is 9.85. The number of fused-ring (bicyclic) bond motifs is 2. The maximum absolute atomic E-state index is 15.5. The number of benzene rings is 6. The highest BCUT2D eigenvalue weighted by molar-refractivity contribution is 7.91. The first-order valence-corrected chi connectivity index (χ1v) is 40.5. The smallest absolute Gasteiger partial charge is 0.326 e. The first kappa shape index (κ1) is 83.7. The number of rotatable bonds is 16. The van der Waals surface area contributed by atoms with Gasteiger partial charge in [0.1, 0.15) is 84.4 Å². The zero-order valence-electron chi connectivity index (χ0n) is 66.5. The second-order valence-electron chi connectivity index (χ2n) is 32.6. The quantitative estimate of drug-likeness (QED) is 0.0657. The molecule has 33 heteroatoms. The first-order valence-electron chi connectivity index (χ1n) is 38.9. The Morgan fingerprint density at radius 2 is 0.931 bits per heavy atom. The molecule has 6 aromatic carbocycles. The summed E-state index contributed by atoms with van der Waals surface area (Å²) in [4.78, 5) is 150. The van der Waals surface area contributed by atoms with E-state index in [-0.39, 0.29) is 64.8 Å². The lowest BCUT2D eigenvalue weighted by molar-refractivity contribution is -0.145. The number of sulfonamides is 1. The number of ether oxygens (including phenoxy) is 2. The van der Waals surface area contributed by atoms with Crippen LogP contribution in [-0.4, -0.2) is 205 Å². The van der Waals surface area contributed by atoms with Crippen molar-refractivity contribution in [2.45, 2.75) is 198 Å². The summed E-state index contributed by atoms with van der Waals surface area (Å²) in [7, 11) is -0.981. The standard InChI is InChI=1S/C83H101N17O15S/c1-47(84-9)72(101)90-70(82(3,4)5)79(108)97-43-59-39-68(97)77(106)87-64(37-51-19-25-53-15-11-13-17-55(53)33-51)74(103)86-66(76(105)94-116(112,113)63-31-32-63)35-49-21-27-61(28-22-49)114-45-57-41-100(95-92-57)60-40-69(98(44-60)80(109)71(83(6,7)8)91-73(102)48(2)85-10)78(107)88-65(38-52-20-26-54-16-12-14-18-56(54)34-52)75(104)89-67(81(110)111)36-50-23-29-62(30-24-50)115-46-58-42-99(59)96-93-58/h11-30,33-34,41-42,47-48,59-60,63-71,84-85H,31-32,35-40,43-46H2,1-10H3,(H,86,103)(H,87,106)(H,88,107)(H,89,104)(H,90,101)(H,91,102)(H,94,105)(H,110,111)/t47-,48-,59-,60-,64-,65-,66-,67-,68-,69-,70+,71+/m0/s1. The van der Waals surface area contributed by atoms with Crippen molar-refractivity contribution in [1.29, 1.82) is 0 Å². The Balaban J connectivity index is 0.889. The van der Waals surface area contributed by atoms with Crippen molar-refractivity contribution >= 4 is 90.7 Å². The third kappa shape index (κ3) is 20.5. The summed E-state index contributed by atoms with van der Waals surface area (Å²) >= 11 is 0. The number of likely N-dealkylation sites (N-methyl/N-ethyl adjacent to an activating group) is 2. The maximum atomic E-state index is 15.5. The highest BCUT2D eigenvalue weighted by Crippen LogP contribution is 2.35. The van der Waals surface area contributed by atoms with Crippen molar-refractivity contribution in [3.8, 4) is 11.5 Å². The predicted octanol–water partition coefficient (Wildman–Crippen LogP) is 3.81. The molecule has 2 saturated heterocycles. The van der Waals surface area contributed by atoms with Crippen LogP contribution < -0.4 is 56.7 Å². The molecule has 0 unspecified atom stereocenters. The molecular weight excluding hydrogens is 1510 g/mol. The van der Waals surface area contributed by atoms with Crippen molar-refractivity contribution in [1.82, 2.24) is 87.0 Å². The van der Waals surface area contributed by atoms with Gasteiger partial charge in [0, 0.05) is 51.6 Å². The van der Waals surface area contributed by atoms with E-state index in [1.165, 1.54) is 19.2 Å². The minimum Gasteiger partial charge on any atom is -0.487 e. The average molecular weight is 1610 g/mol. The minimum atomic E-state index is -4.19. The summed E-state index contributed by atoms with van der Waals surface area (Å²) in [5.74, 6) is -7.13. The molecular formula is C83H101N17O15S. The predicted molar refractivity (Wildman–Crippen MR) is 428 cm³/mol. The van der Waals surface area contributed by atoms with E-state index in [0.717, 1.165) is 21.5 Å². The molecule has 7 aliphatic rings. The molecule has 0 radical (unpaired) electrons. The Labute approximate surface area is 672 Å². The SMILES string of the molecule is CN[C@@H](C)C(=O)N[C@H](C(=O)N1C[C@@H]2C[C@H]1C(=O)N[C@@H](Cc1ccc3ccccc3c1)C(=O)N[C@H](C(=O)O)Cc1ccc(cc1)OCc1cn(nn1)[C@H]1C[C@@H](C(=O)N[C@@H](Cc3ccc4ccccc4c3)C(=O)N[C@H](C(=O)NS(=O)(=O)C3CC3)Cc3ccc(cc3)OCc3cn2nn3)N(C(=O)[C@@H](NC(=O)[C@H](C)NC)C(C)(C)C)C1)C(C)(C)C. The van der Waals surface area contributed by atoms with Gasteiger partial charge in [0.05, 0.1) is 41.8 Å². The van der Waals surface area contributed by atoms with Gasteiger partial charge in [0.2, 0.25) is 57.3 Å². The molecule has 10 N–H and O–H groups in total. The normalized spacial score (nSPS) is 21.9. The molecule has 6 aliphatic heterocycles. The van der Waals surface area contributed by atoms with Crippen LogP contribution in [0.25, 0.3) is 21.5 Å². The second-order valence-corrected chi connectivity index (χ2v) is 34.6. The van der Waals surface area contributed by atoms with E-state index in [0.29, 0.717) is 58.0 Å². The Morgan fingerprint density at radius 1 is 0.534 bits per heavy atom. The van der Waals surface area contributed by atoms with Gasteiger partial charge in [0.15, 0.2) is 0 Å². The molecule has 12 atom stereocenters. The lowest BCUT2D eigenvalue weighted by Gasteiger charge is -2.36. The number of carboxylic acid groups (broad SMARTS) is 1. The Bertz CT molecular complexity index is 5100. The Hall–Kier alpha value is -11.7. The van der Waals surface area contributed by atoms with Crippen LogP contribution in [0.1, 0.15) is 127 Å². The van der Waals surface area contributed by atoms with Gasteiger partial charge < -0.3 is 66.9 Å². The summed E-state index contributed by atoms with van der Waals surface area (Å²) < 4.78 is 44.7. The van der Waals surface area contributed by atoms with E-state index in [4.69, 9.17) is 9.47 Å². The molecule has 12 bridgehead atoms. The number of likely N-dealkylation sites (tertiary alicyclic amines) is 2. The molecule has 614 valence electrons. The number of carboxylic acids is 1. The summed E-state index contributed by atoms with van der Waals surface area (Å²) in [5, 5.41) is 54.1. The second kappa shape index (κ2) is 35.6. The molecule has 0 spiro atoms. The number of hydrogen-bond donors (Lipinski definition) is 10. The third-order valence-electron chi connectivity index (χ3n) is 21.8. The largest absolute Gasteiger partial charge is 0.487 e. The number of amides is 9. The van der Waals surface area contributed by atoms with Crippen LogP contribution in [0.2, 0.25) is 0 Å². The molecule has 15 rings (SSSR count). The summed E-state index contributed by atoms with van der Waals surface area (Å²) in [6, 6.07) is 25.3. The van der Waals surface area contributed by atoms with Gasteiger partial charge in [-0.05, 0) is 120 Å². The van der Waals surface area contributed by atoms with Crippen LogP contribution in [0.3, 0.4) is 0 Å². The topological polar surface area (TPSA) is 420 Å². The lowest BCUT2D eigenvalue weighted by Crippen LogP contribution is -2.61. The van der Waals surface area contributed by atoms with Crippen LogP contribution in [0.5, 0.6) is 11.5 Å². The number of aliphatic carboxylic acids is 1. The van der Waals surface area contributed by atoms with E-state index in [1.807, 2.05) is 78.9 Å². The van der Waals surface area contributed by atoms with Crippen LogP contribution in [0.4, 0.5) is 0 Å². The van der Waals surface area contributed by atoms with Gasteiger partial charge >= 0.3 is 5.97 Å². The van der Waals surface area contributed by atoms with Gasteiger partial charge in [-0.2, -0.15) is 0 Å². The van der Waals surface area contributed by atoms with E-state index >= 15 is 24.0 Å². The fourth-order valence-corrected chi connectivity index (χ4v) is 15.9. The summed E-state index contributed by atoms with van der Waals surface area (Å²) in [6.07, 6.45) is 2.96. The minimum absolute atomic E-state index is 0.0611. The van der Waals surface area contributed by atoms with Crippen molar-refractivity contribution in [2.24, 2.45) is 10.8 Å². The molecule has 1 aliphatic carbocycles. The van der Waals surface area contributed by atoms with Crippen LogP contribution in [0.15, 0.2) is 146 Å². The zero-order valence-corrected chi connectivity index (χ0v) is 67.3. The van der Waals surface area contributed by atoms with Crippen LogP contribution in [-0.2, 0) is 96.9 Å². The fraction of sp³-hybridized carbons (Fsp3) is 0.446. The van der Waals surface area contributed by atoms with Gasteiger partial charge in [-0.3, -0.25) is 47.9 Å². The van der Waals surface area contributed by atoms with E-state index < -0.39 is 158 Å². The summed E-state index contributed by atoms with van der Waals surface area (Å²) in [6.45, 7) is 13.4. The van der Waals surface area contributed by atoms with Crippen molar-refractivity contribution in [3.63, 3.8) is 0 Å². The third-order valence-corrected chi connectivity index (χ3v) is 23.6. The molecule has 2 aromatic heterocycles. The number of nitrogens with zero attached hydrogens (tertiary/aromatic N) is 8. The first-order chi connectivity index (χ1) is 55.2. The molecule has 32 nitrogen and oxygen atoms in total. The maximum Gasteiger partial charge on any atom is 0.326 e. The number of hydrogen-bond acceptors (Lipinski definition) is 20. The van der Waals surface area contributed by atoms with Crippen molar-refractivity contribution < 1.29 is 70.9 Å². The molecule has 1 saturated carbocycles.